The summed E-state index contributed by atoms with van der Waals surface area (Å²) in [5.74, 6) is 3.48. The second-order valence-corrected chi connectivity index (χ2v) is 9.95. The van der Waals surface area contributed by atoms with Gasteiger partial charge < -0.3 is 28.4 Å². The monoisotopic (exact) mass is 547 g/mol. The molecule has 0 aromatic heterocycles. The van der Waals surface area contributed by atoms with Gasteiger partial charge in [-0.05, 0) is 71.8 Å². The van der Waals surface area contributed by atoms with E-state index in [1.54, 1.807) is 28.4 Å². The van der Waals surface area contributed by atoms with Crippen molar-refractivity contribution in [2.75, 3.05) is 48.1 Å². The topological polar surface area (TPSA) is 75.7 Å². The number of methoxy groups -OCH3 is 4. The van der Waals surface area contributed by atoms with Gasteiger partial charge in [0.1, 0.15) is 6.61 Å². The minimum Gasteiger partial charge on any atom is -0.493 e. The van der Waals surface area contributed by atoms with E-state index in [4.69, 9.17) is 28.4 Å². The highest BCUT2D eigenvalue weighted by Gasteiger charge is 2.38. The van der Waals surface area contributed by atoms with Crippen LogP contribution in [0.2, 0.25) is 0 Å². The number of esters is 1. The average Bonchev–Trinajstić information content (AvgIpc) is 2.98. The number of nitrogens with zero attached hydrogens (tertiary/aromatic N) is 1. The van der Waals surface area contributed by atoms with Crippen molar-refractivity contribution in [3.05, 3.63) is 59.2 Å². The fourth-order valence-electron chi connectivity index (χ4n) is 5.83. The third-order valence-corrected chi connectivity index (χ3v) is 7.70. The van der Waals surface area contributed by atoms with Crippen LogP contribution >= 0.6 is 0 Å². The molecular weight excluding hydrogens is 510 g/mol. The molecule has 0 bridgehead atoms. The molecule has 8 heteroatoms. The molecule has 3 aromatic carbocycles. The van der Waals surface area contributed by atoms with Gasteiger partial charge in [-0.15, -0.1) is 0 Å². The summed E-state index contributed by atoms with van der Waals surface area (Å²) in [4.78, 5) is 15.2. The van der Waals surface area contributed by atoms with Gasteiger partial charge in [-0.2, -0.15) is 0 Å². The predicted molar refractivity (Wildman–Crippen MR) is 152 cm³/mol. The maximum Gasteiger partial charge on any atom is 0.311 e. The quantitative estimate of drug-likeness (QED) is 0.226. The molecule has 40 heavy (non-hydrogen) atoms. The van der Waals surface area contributed by atoms with E-state index in [9.17, 15) is 4.79 Å². The largest absolute Gasteiger partial charge is 0.493 e. The summed E-state index contributed by atoms with van der Waals surface area (Å²) < 4.78 is 34.7. The molecule has 5 rings (SSSR count). The van der Waals surface area contributed by atoms with Crippen LogP contribution in [0.5, 0.6) is 34.5 Å². The Balaban J connectivity index is 1.57. The summed E-state index contributed by atoms with van der Waals surface area (Å²) in [6.07, 6.45) is 2.65. The second-order valence-electron chi connectivity index (χ2n) is 9.95. The first-order valence-corrected chi connectivity index (χ1v) is 13.7. The van der Waals surface area contributed by atoms with Gasteiger partial charge in [0.15, 0.2) is 34.5 Å². The van der Waals surface area contributed by atoms with E-state index in [1.165, 1.54) is 11.1 Å². The molecule has 0 N–H and O–H groups in total. The Morgan fingerprint density at radius 1 is 0.875 bits per heavy atom. The lowest BCUT2D eigenvalue weighted by molar-refractivity contribution is -0.134. The van der Waals surface area contributed by atoms with E-state index < -0.39 is 0 Å². The molecular formula is C32H37NO7. The molecule has 2 aliphatic rings. The summed E-state index contributed by atoms with van der Waals surface area (Å²) in [5.41, 5.74) is 5.33. The standard InChI is InChI=1S/C32H37NO7/c1-6-9-29(34)40-32-28(38-5)17-20-12-13-33(14-15-39-25-11-8-7-10-24(25)35-2)23-16-21-18-26(36-3)27(37-4)19-22(21)31(32)30(20)23/h7-8,10-11,17-19,23H,6,9,12-16H2,1-5H3. The average molecular weight is 548 g/mol. The molecule has 0 saturated carbocycles. The summed E-state index contributed by atoms with van der Waals surface area (Å²) in [5, 5.41) is 0. The fourth-order valence-corrected chi connectivity index (χ4v) is 5.83. The van der Waals surface area contributed by atoms with Crippen molar-refractivity contribution in [2.24, 2.45) is 0 Å². The SMILES string of the molecule is CCCC(=O)Oc1c(OC)cc2c3c1-c1cc(OC)c(OC)cc1CC3N(CCOc1ccccc1OC)CC2. The van der Waals surface area contributed by atoms with Gasteiger partial charge >= 0.3 is 5.97 Å². The molecule has 8 nitrogen and oxygen atoms in total. The highest BCUT2D eigenvalue weighted by atomic mass is 16.6. The molecule has 0 saturated heterocycles. The second kappa shape index (κ2) is 12.1. The van der Waals surface area contributed by atoms with Crippen LogP contribution in [-0.4, -0.2) is 59.0 Å². The Bertz CT molecular complexity index is 1390. The third kappa shape index (κ3) is 5.16. The molecule has 212 valence electrons. The lowest BCUT2D eigenvalue weighted by Gasteiger charge is -2.42. The van der Waals surface area contributed by atoms with Crippen molar-refractivity contribution in [3.8, 4) is 45.6 Å². The van der Waals surface area contributed by atoms with Crippen molar-refractivity contribution in [1.82, 2.24) is 4.90 Å². The molecule has 1 atom stereocenters. The Hall–Kier alpha value is -3.91. The number of ether oxygens (including phenoxy) is 6. The van der Waals surface area contributed by atoms with Crippen LogP contribution in [0.25, 0.3) is 11.1 Å². The van der Waals surface area contributed by atoms with Crippen molar-refractivity contribution in [1.29, 1.82) is 0 Å². The van der Waals surface area contributed by atoms with Gasteiger partial charge in [-0.1, -0.05) is 19.1 Å². The van der Waals surface area contributed by atoms with Gasteiger partial charge in [-0.3, -0.25) is 9.69 Å². The van der Waals surface area contributed by atoms with E-state index in [-0.39, 0.29) is 12.0 Å². The number of benzene rings is 3. The zero-order valence-electron chi connectivity index (χ0n) is 23.9. The molecule has 1 aliphatic heterocycles. The lowest BCUT2D eigenvalue weighted by atomic mass is 9.76. The first-order valence-electron chi connectivity index (χ1n) is 13.7. The van der Waals surface area contributed by atoms with Gasteiger partial charge in [0.05, 0.1) is 28.4 Å². The molecule has 0 spiro atoms. The van der Waals surface area contributed by atoms with Gasteiger partial charge in [-0.25, -0.2) is 0 Å². The van der Waals surface area contributed by atoms with Crippen LogP contribution in [0.3, 0.4) is 0 Å². The number of hydrogen-bond donors (Lipinski definition) is 0. The predicted octanol–water partition coefficient (Wildman–Crippen LogP) is 5.63. The van der Waals surface area contributed by atoms with E-state index in [0.29, 0.717) is 48.2 Å². The Morgan fingerprint density at radius 3 is 2.25 bits per heavy atom. The van der Waals surface area contributed by atoms with E-state index >= 15 is 0 Å². The number of para-hydroxylation sites is 2. The van der Waals surface area contributed by atoms with Crippen LogP contribution in [0, 0.1) is 0 Å². The Morgan fingerprint density at radius 2 is 1.55 bits per heavy atom. The molecule has 0 fully saturated rings. The smallest absolute Gasteiger partial charge is 0.311 e. The number of fused-ring (bicyclic) bond motifs is 2. The highest BCUT2D eigenvalue weighted by molar-refractivity contribution is 5.87. The maximum atomic E-state index is 12.8. The van der Waals surface area contributed by atoms with Crippen LogP contribution in [0.1, 0.15) is 42.5 Å². The fraction of sp³-hybridized carbons (Fsp3) is 0.406. The summed E-state index contributed by atoms with van der Waals surface area (Å²) in [6.45, 7) is 4.06. The van der Waals surface area contributed by atoms with Gasteiger partial charge in [0.2, 0.25) is 0 Å². The Labute approximate surface area is 235 Å². The van der Waals surface area contributed by atoms with E-state index in [2.05, 4.69) is 4.90 Å². The lowest BCUT2D eigenvalue weighted by Crippen LogP contribution is -2.40. The van der Waals surface area contributed by atoms with Crippen LogP contribution in [0.4, 0.5) is 0 Å². The number of hydrogen-bond acceptors (Lipinski definition) is 8. The van der Waals surface area contributed by atoms with Crippen molar-refractivity contribution in [3.63, 3.8) is 0 Å². The first kappa shape index (κ1) is 27.6. The minimum atomic E-state index is -0.279. The van der Waals surface area contributed by atoms with Crippen molar-refractivity contribution >= 4 is 5.97 Å². The summed E-state index contributed by atoms with van der Waals surface area (Å²) >= 11 is 0. The number of rotatable bonds is 11. The molecule has 1 aliphatic carbocycles. The third-order valence-electron chi connectivity index (χ3n) is 7.70. The Kier molecular flexibility index (Phi) is 8.35. The normalized spacial score (nSPS) is 15.5. The van der Waals surface area contributed by atoms with E-state index in [0.717, 1.165) is 48.4 Å². The van der Waals surface area contributed by atoms with E-state index in [1.807, 2.05) is 49.4 Å². The maximum absolute atomic E-state index is 12.8. The molecule has 0 radical (unpaired) electrons. The van der Waals surface area contributed by atoms with Crippen LogP contribution in [-0.2, 0) is 17.6 Å². The molecule has 1 unspecified atom stereocenters. The first-order chi connectivity index (χ1) is 19.5. The number of carbonyl (C=O) groups is 1. The molecule has 1 heterocycles. The van der Waals surface area contributed by atoms with Gasteiger partial charge in [0.25, 0.3) is 0 Å². The van der Waals surface area contributed by atoms with Gasteiger partial charge in [0, 0.05) is 31.1 Å². The van der Waals surface area contributed by atoms with Crippen LogP contribution in [0.15, 0.2) is 42.5 Å². The summed E-state index contributed by atoms with van der Waals surface area (Å²) in [6, 6.07) is 13.8. The molecule has 3 aromatic rings. The zero-order chi connectivity index (χ0) is 28.2. The molecule has 0 amide bonds. The zero-order valence-corrected chi connectivity index (χ0v) is 23.9. The highest BCUT2D eigenvalue weighted by Crippen LogP contribution is 2.54. The number of carbonyl (C=O) groups excluding carboxylic acids is 1. The van der Waals surface area contributed by atoms with Crippen molar-refractivity contribution < 1.29 is 33.2 Å². The van der Waals surface area contributed by atoms with Crippen LogP contribution < -0.4 is 28.4 Å². The minimum absolute atomic E-state index is 0.0696. The van der Waals surface area contributed by atoms with Crippen molar-refractivity contribution in [2.45, 2.75) is 38.6 Å². The summed E-state index contributed by atoms with van der Waals surface area (Å²) in [7, 11) is 6.53.